The second-order valence-electron chi connectivity index (χ2n) is 7.27. The Hall–Kier alpha value is -1.84. The number of esters is 1. The lowest BCUT2D eigenvalue weighted by molar-refractivity contribution is -0.160. The Kier molecular flexibility index (Phi) is 3.74. The van der Waals surface area contributed by atoms with E-state index in [4.69, 9.17) is 9.47 Å². The van der Waals surface area contributed by atoms with Crippen LogP contribution in [0, 0.1) is 11.3 Å². The van der Waals surface area contributed by atoms with E-state index in [9.17, 15) is 9.59 Å². The minimum Gasteiger partial charge on any atom is -0.497 e. The van der Waals surface area contributed by atoms with Crippen LogP contribution in [0.4, 0.5) is 0 Å². The fourth-order valence-corrected chi connectivity index (χ4v) is 4.79. The molecule has 1 fully saturated rings. The molecular weight excluding hydrogens is 292 g/mol. The number of benzene rings is 1. The van der Waals surface area contributed by atoms with E-state index < -0.39 is 5.41 Å². The van der Waals surface area contributed by atoms with Crippen molar-refractivity contribution in [3.8, 4) is 5.75 Å². The van der Waals surface area contributed by atoms with Crippen LogP contribution >= 0.6 is 0 Å². The Morgan fingerprint density at radius 3 is 2.61 bits per heavy atom. The van der Waals surface area contributed by atoms with E-state index in [1.54, 1.807) is 7.11 Å². The van der Waals surface area contributed by atoms with Crippen LogP contribution in [0.15, 0.2) is 18.2 Å². The molecule has 4 heteroatoms. The van der Waals surface area contributed by atoms with Gasteiger partial charge >= 0.3 is 5.97 Å². The SMILES string of the molecule is COC(=O)[C@@]1(C)CCC[C@]2(C)c3cc(OC)ccc3C(=O)C[C@@H]12. The van der Waals surface area contributed by atoms with E-state index in [-0.39, 0.29) is 23.1 Å². The average molecular weight is 316 g/mol. The molecule has 0 radical (unpaired) electrons. The van der Waals surface area contributed by atoms with Gasteiger partial charge in [-0.15, -0.1) is 0 Å². The van der Waals surface area contributed by atoms with Crippen molar-refractivity contribution in [2.45, 2.75) is 44.9 Å². The van der Waals surface area contributed by atoms with Gasteiger partial charge in [0.25, 0.3) is 0 Å². The average Bonchev–Trinajstić information content (AvgIpc) is 2.56. The zero-order valence-electron chi connectivity index (χ0n) is 14.3. The van der Waals surface area contributed by atoms with Crippen LogP contribution in [-0.4, -0.2) is 26.0 Å². The van der Waals surface area contributed by atoms with Gasteiger partial charge in [0.1, 0.15) is 5.75 Å². The molecule has 0 amide bonds. The van der Waals surface area contributed by atoms with Gasteiger partial charge in [-0.05, 0) is 54.9 Å². The maximum atomic E-state index is 12.7. The van der Waals surface area contributed by atoms with Crippen LogP contribution in [-0.2, 0) is 14.9 Å². The predicted octanol–water partition coefficient (Wildman–Crippen LogP) is 3.52. The van der Waals surface area contributed by atoms with Crippen molar-refractivity contribution in [2.24, 2.45) is 11.3 Å². The molecule has 0 bridgehead atoms. The zero-order chi connectivity index (χ0) is 16.8. The fraction of sp³-hybridized carbons (Fsp3) is 0.579. The zero-order valence-corrected chi connectivity index (χ0v) is 14.3. The van der Waals surface area contributed by atoms with Gasteiger partial charge in [-0.2, -0.15) is 0 Å². The van der Waals surface area contributed by atoms with Crippen molar-refractivity contribution in [3.05, 3.63) is 29.3 Å². The molecule has 0 aliphatic heterocycles. The molecule has 1 aromatic carbocycles. The molecule has 0 unspecified atom stereocenters. The fourth-order valence-electron chi connectivity index (χ4n) is 4.79. The number of ketones is 1. The number of methoxy groups -OCH3 is 2. The number of carbonyl (C=O) groups excluding carboxylic acids is 2. The lowest BCUT2D eigenvalue weighted by Crippen LogP contribution is -2.53. The summed E-state index contributed by atoms with van der Waals surface area (Å²) in [5.74, 6) is 0.627. The highest BCUT2D eigenvalue weighted by atomic mass is 16.5. The molecular formula is C19H24O4. The van der Waals surface area contributed by atoms with Crippen LogP contribution in [0.2, 0.25) is 0 Å². The first-order valence-electron chi connectivity index (χ1n) is 8.17. The highest BCUT2D eigenvalue weighted by Crippen LogP contribution is 2.57. The van der Waals surface area contributed by atoms with E-state index in [2.05, 4.69) is 6.92 Å². The third-order valence-corrected chi connectivity index (χ3v) is 6.11. The molecule has 2 aliphatic rings. The van der Waals surface area contributed by atoms with Gasteiger partial charge in [-0.3, -0.25) is 9.59 Å². The minimum absolute atomic E-state index is 0.0386. The molecule has 1 aromatic rings. The molecule has 3 atom stereocenters. The van der Waals surface area contributed by atoms with E-state index in [0.29, 0.717) is 6.42 Å². The van der Waals surface area contributed by atoms with Gasteiger partial charge in [-0.1, -0.05) is 13.3 Å². The molecule has 0 spiro atoms. The summed E-state index contributed by atoms with van der Waals surface area (Å²) < 4.78 is 10.4. The number of carbonyl (C=O) groups is 2. The second kappa shape index (κ2) is 5.36. The van der Waals surface area contributed by atoms with Gasteiger partial charge in [0.15, 0.2) is 5.78 Å². The van der Waals surface area contributed by atoms with Crippen LogP contribution < -0.4 is 4.74 Å². The van der Waals surface area contributed by atoms with Crippen LogP contribution in [0.25, 0.3) is 0 Å². The predicted molar refractivity (Wildman–Crippen MR) is 86.8 cm³/mol. The second-order valence-corrected chi connectivity index (χ2v) is 7.27. The normalized spacial score (nSPS) is 32.7. The Morgan fingerprint density at radius 1 is 1.22 bits per heavy atom. The lowest BCUT2D eigenvalue weighted by Gasteiger charge is -2.53. The van der Waals surface area contributed by atoms with E-state index in [1.807, 2.05) is 25.1 Å². The van der Waals surface area contributed by atoms with Gasteiger partial charge in [0, 0.05) is 12.0 Å². The number of Topliss-reactive ketones (excluding diaryl/α,β-unsaturated/α-hetero) is 1. The summed E-state index contributed by atoms with van der Waals surface area (Å²) in [6.45, 7) is 4.14. The van der Waals surface area contributed by atoms with Gasteiger partial charge in [0.05, 0.1) is 19.6 Å². The Morgan fingerprint density at radius 2 is 1.96 bits per heavy atom. The largest absolute Gasteiger partial charge is 0.497 e. The molecule has 0 aromatic heterocycles. The summed E-state index contributed by atoms with van der Waals surface area (Å²) in [6, 6.07) is 5.67. The van der Waals surface area contributed by atoms with Crippen molar-refractivity contribution >= 4 is 11.8 Å². The number of hydrogen-bond donors (Lipinski definition) is 0. The Bertz CT molecular complexity index is 665. The van der Waals surface area contributed by atoms with E-state index >= 15 is 0 Å². The molecule has 2 aliphatic carbocycles. The Labute approximate surface area is 137 Å². The lowest BCUT2D eigenvalue weighted by atomic mass is 9.49. The first-order chi connectivity index (χ1) is 10.9. The van der Waals surface area contributed by atoms with Crippen LogP contribution in [0.5, 0.6) is 5.75 Å². The Balaban J connectivity index is 2.17. The van der Waals surface area contributed by atoms with Gasteiger partial charge in [-0.25, -0.2) is 0 Å². The summed E-state index contributed by atoms with van der Waals surface area (Å²) in [7, 11) is 3.06. The quantitative estimate of drug-likeness (QED) is 0.783. The van der Waals surface area contributed by atoms with Crippen molar-refractivity contribution in [1.29, 1.82) is 0 Å². The third-order valence-electron chi connectivity index (χ3n) is 6.11. The van der Waals surface area contributed by atoms with Crippen molar-refractivity contribution in [2.75, 3.05) is 14.2 Å². The summed E-state index contributed by atoms with van der Waals surface area (Å²) in [4.78, 5) is 25.2. The van der Waals surface area contributed by atoms with E-state index in [0.717, 1.165) is 36.1 Å². The topological polar surface area (TPSA) is 52.6 Å². The maximum Gasteiger partial charge on any atom is 0.311 e. The van der Waals surface area contributed by atoms with Crippen LogP contribution in [0.3, 0.4) is 0 Å². The first-order valence-corrected chi connectivity index (χ1v) is 8.17. The molecule has 1 saturated carbocycles. The highest BCUT2D eigenvalue weighted by Gasteiger charge is 2.57. The smallest absolute Gasteiger partial charge is 0.311 e. The minimum atomic E-state index is -0.613. The van der Waals surface area contributed by atoms with Crippen molar-refractivity contribution in [3.63, 3.8) is 0 Å². The van der Waals surface area contributed by atoms with Crippen LogP contribution in [0.1, 0.15) is 55.5 Å². The number of rotatable bonds is 2. The third kappa shape index (κ3) is 2.19. The number of hydrogen-bond acceptors (Lipinski definition) is 4. The maximum absolute atomic E-state index is 12.7. The highest BCUT2D eigenvalue weighted by molar-refractivity contribution is 6.00. The van der Waals surface area contributed by atoms with Crippen molar-refractivity contribution in [1.82, 2.24) is 0 Å². The molecule has 4 nitrogen and oxygen atoms in total. The molecule has 0 saturated heterocycles. The molecule has 0 heterocycles. The van der Waals surface area contributed by atoms with Gasteiger partial charge in [0.2, 0.25) is 0 Å². The van der Waals surface area contributed by atoms with Crippen molar-refractivity contribution < 1.29 is 19.1 Å². The molecule has 0 N–H and O–H groups in total. The first kappa shape index (κ1) is 16.0. The molecule has 3 rings (SSSR count). The summed E-state index contributed by atoms with van der Waals surface area (Å²) in [5, 5.41) is 0. The summed E-state index contributed by atoms with van der Waals surface area (Å²) in [5.41, 5.74) is 0.976. The van der Waals surface area contributed by atoms with E-state index in [1.165, 1.54) is 7.11 Å². The monoisotopic (exact) mass is 316 g/mol. The number of fused-ring (bicyclic) bond motifs is 3. The molecule has 23 heavy (non-hydrogen) atoms. The number of ether oxygens (including phenoxy) is 2. The standard InChI is InChI=1S/C19H24O4/c1-18-8-5-9-19(2,17(21)23-4)16(18)11-15(20)13-7-6-12(22-3)10-14(13)18/h6-7,10,16H,5,8-9,11H2,1-4H3/t16-,18-,19+/m1/s1. The summed E-state index contributed by atoms with van der Waals surface area (Å²) >= 11 is 0. The molecule has 124 valence electrons. The van der Waals surface area contributed by atoms with Gasteiger partial charge < -0.3 is 9.47 Å². The summed E-state index contributed by atoms with van der Waals surface area (Å²) in [6.07, 6.45) is 3.09.